The molecule has 21 heavy (non-hydrogen) atoms. The van der Waals surface area contributed by atoms with E-state index in [0.29, 0.717) is 5.75 Å². The van der Waals surface area contributed by atoms with Crippen LogP contribution in [0.5, 0.6) is 5.75 Å². The maximum absolute atomic E-state index is 12.8. The monoisotopic (exact) mass is 297 g/mol. The molecule has 0 aromatic heterocycles. The first-order valence-electron chi connectivity index (χ1n) is 6.65. The highest BCUT2D eigenvalue weighted by atomic mass is 19.1. The Balaban J connectivity index is 2.54. The van der Waals surface area contributed by atoms with E-state index in [9.17, 15) is 14.0 Å². The number of aliphatic carboxylic acids is 1. The van der Waals surface area contributed by atoms with Crippen molar-refractivity contribution in [2.75, 3.05) is 6.54 Å². The largest absolute Gasteiger partial charge is 0.481 e. The zero-order valence-corrected chi connectivity index (χ0v) is 12.4. The molecule has 0 heterocycles. The van der Waals surface area contributed by atoms with E-state index in [1.807, 2.05) is 0 Å². The second kappa shape index (κ2) is 7.06. The number of carboxylic acid groups (broad SMARTS) is 1. The fourth-order valence-corrected chi connectivity index (χ4v) is 1.69. The van der Waals surface area contributed by atoms with Gasteiger partial charge in [-0.25, -0.2) is 4.39 Å². The molecular formula is C15H20FNO4. The Morgan fingerprint density at radius 3 is 2.43 bits per heavy atom. The number of halogens is 1. The van der Waals surface area contributed by atoms with Crippen LogP contribution in [0, 0.1) is 11.7 Å². The molecule has 0 saturated carbocycles. The van der Waals surface area contributed by atoms with Gasteiger partial charge in [0.05, 0.1) is 0 Å². The summed E-state index contributed by atoms with van der Waals surface area (Å²) in [5.74, 6) is -1.43. The van der Waals surface area contributed by atoms with Crippen LogP contribution >= 0.6 is 0 Å². The number of nitrogens with one attached hydrogen (secondary N) is 1. The molecule has 0 radical (unpaired) electrons. The van der Waals surface area contributed by atoms with E-state index in [1.165, 1.54) is 24.3 Å². The van der Waals surface area contributed by atoms with E-state index < -0.39 is 11.6 Å². The van der Waals surface area contributed by atoms with Gasteiger partial charge in [0.2, 0.25) is 0 Å². The smallest absolute Gasteiger partial charge is 0.303 e. The predicted molar refractivity (Wildman–Crippen MR) is 75.5 cm³/mol. The summed E-state index contributed by atoms with van der Waals surface area (Å²) in [6.07, 6.45) is -0.0144. The number of hydrogen-bond donors (Lipinski definition) is 2. The first-order chi connectivity index (χ1) is 9.70. The fraction of sp³-hybridized carbons (Fsp3) is 0.467. The molecule has 116 valence electrons. The van der Waals surface area contributed by atoms with Gasteiger partial charge in [-0.15, -0.1) is 0 Å². The Kier molecular flexibility index (Phi) is 5.69. The summed E-state index contributed by atoms with van der Waals surface area (Å²) < 4.78 is 18.3. The van der Waals surface area contributed by atoms with Crippen LogP contribution in [0.25, 0.3) is 0 Å². The zero-order valence-electron chi connectivity index (χ0n) is 12.4. The third-order valence-electron chi connectivity index (χ3n) is 2.87. The van der Waals surface area contributed by atoms with Crippen molar-refractivity contribution >= 4 is 11.9 Å². The second-order valence-electron chi connectivity index (χ2n) is 5.48. The van der Waals surface area contributed by atoms with Gasteiger partial charge in [-0.3, -0.25) is 9.59 Å². The third kappa shape index (κ3) is 5.81. The summed E-state index contributed by atoms with van der Waals surface area (Å²) in [5, 5.41) is 11.3. The molecule has 1 atom stereocenters. The van der Waals surface area contributed by atoms with Gasteiger partial charge in [-0.2, -0.15) is 0 Å². The molecule has 0 saturated heterocycles. The van der Waals surface area contributed by atoms with Crippen molar-refractivity contribution < 1.29 is 23.8 Å². The SMILES string of the molecule is CC(CNC(=O)C(C)(C)Oc1ccc(F)cc1)CC(=O)O. The summed E-state index contributed by atoms with van der Waals surface area (Å²) in [7, 11) is 0. The Morgan fingerprint density at radius 1 is 1.33 bits per heavy atom. The molecule has 0 aliphatic carbocycles. The molecule has 1 rings (SSSR count). The number of carbonyl (C=O) groups excluding carboxylic acids is 1. The van der Waals surface area contributed by atoms with E-state index in [-0.39, 0.29) is 30.6 Å². The van der Waals surface area contributed by atoms with Crippen LogP contribution in [0.4, 0.5) is 4.39 Å². The maximum Gasteiger partial charge on any atom is 0.303 e. The Labute approximate surface area is 123 Å². The molecule has 1 aromatic rings. The molecule has 1 aromatic carbocycles. The van der Waals surface area contributed by atoms with E-state index in [0.717, 1.165) is 0 Å². The summed E-state index contributed by atoms with van der Waals surface area (Å²) in [6.45, 7) is 5.17. The van der Waals surface area contributed by atoms with Crippen molar-refractivity contribution in [3.05, 3.63) is 30.1 Å². The van der Waals surface area contributed by atoms with Gasteiger partial charge in [0.1, 0.15) is 11.6 Å². The van der Waals surface area contributed by atoms with Crippen molar-refractivity contribution in [2.45, 2.75) is 32.8 Å². The van der Waals surface area contributed by atoms with E-state index in [2.05, 4.69) is 5.32 Å². The lowest BCUT2D eigenvalue weighted by Gasteiger charge is -2.26. The van der Waals surface area contributed by atoms with Crippen LogP contribution in [0.2, 0.25) is 0 Å². The van der Waals surface area contributed by atoms with Gasteiger partial charge < -0.3 is 15.2 Å². The molecule has 5 nitrogen and oxygen atoms in total. The van der Waals surface area contributed by atoms with Crippen LogP contribution in [0.15, 0.2) is 24.3 Å². The molecule has 1 amide bonds. The van der Waals surface area contributed by atoms with Crippen molar-refractivity contribution in [1.29, 1.82) is 0 Å². The van der Waals surface area contributed by atoms with Crippen molar-refractivity contribution in [3.8, 4) is 5.75 Å². The van der Waals surface area contributed by atoms with E-state index >= 15 is 0 Å². The van der Waals surface area contributed by atoms with Crippen molar-refractivity contribution in [2.24, 2.45) is 5.92 Å². The molecule has 0 aliphatic rings. The van der Waals surface area contributed by atoms with Crippen LogP contribution < -0.4 is 10.1 Å². The summed E-state index contributed by atoms with van der Waals surface area (Å²) >= 11 is 0. The Morgan fingerprint density at radius 2 is 1.90 bits per heavy atom. The van der Waals surface area contributed by atoms with E-state index in [1.54, 1.807) is 20.8 Å². The molecule has 6 heteroatoms. The van der Waals surface area contributed by atoms with Gasteiger partial charge in [0, 0.05) is 13.0 Å². The minimum absolute atomic E-state index is 0.0144. The third-order valence-corrected chi connectivity index (χ3v) is 2.87. The summed E-state index contributed by atoms with van der Waals surface area (Å²) in [4.78, 5) is 22.6. The number of carboxylic acids is 1. The molecule has 0 fully saturated rings. The highest BCUT2D eigenvalue weighted by Gasteiger charge is 2.30. The number of rotatable bonds is 7. The summed E-state index contributed by atoms with van der Waals surface area (Å²) in [5.41, 5.74) is -1.14. The van der Waals surface area contributed by atoms with Gasteiger partial charge in [-0.1, -0.05) is 6.92 Å². The molecule has 1 unspecified atom stereocenters. The first-order valence-corrected chi connectivity index (χ1v) is 6.65. The number of carbonyl (C=O) groups is 2. The predicted octanol–water partition coefficient (Wildman–Crippen LogP) is 2.21. The highest BCUT2D eigenvalue weighted by molar-refractivity contribution is 5.84. The molecule has 0 bridgehead atoms. The number of ether oxygens (including phenoxy) is 1. The van der Waals surface area contributed by atoms with Gasteiger partial charge in [0.25, 0.3) is 5.91 Å². The maximum atomic E-state index is 12.8. The Hall–Kier alpha value is -2.11. The average Bonchev–Trinajstić information content (AvgIpc) is 2.37. The van der Waals surface area contributed by atoms with Crippen LogP contribution in [0.3, 0.4) is 0 Å². The minimum Gasteiger partial charge on any atom is -0.481 e. The average molecular weight is 297 g/mol. The van der Waals surface area contributed by atoms with Crippen LogP contribution in [0.1, 0.15) is 27.2 Å². The Bertz CT molecular complexity index is 499. The van der Waals surface area contributed by atoms with Gasteiger partial charge in [-0.05, 0) is 44.0 Å². The fourth-order valence-electron chi connectivity index (χ4n) is 1.69. The molecular weight excluding hydrogens is 277 g/mol. The normalized spacial score (nSPS) is 12.6. The van der Waals surface area contributed by atoms with Crippen molar-refractivity contribution in [3.63, 3.8) is 0 Å². The minimum atomic E-state index is -1.14. The summed E-state index contributed by atoms with van der Waals surface area (Å²) in [6, 6.07) is 5.38. The lowest BCUT2D eigenvalue weighted by Crippen LogP contribution is -2.47. The number of amides is 1. The molecule has 0 aliphatic heterocycles. The second-order valence-corrected chi connectivity index (χ2v) is 5.48. The van der Waals surface area contributed by atoms with E-state index in [4.69, 9.17) is 9.84 Å². The lowest BCUT2D eigenvalue weighted by molar-refractivity contribution is -0.139. The lowest BCUT2D eigenvalue weighted by atomic mass is 10.1. The number of benzene rings is 1. The van der Waals surface area contributed by atoms with Crippen LogP contribution in [-0.4, -0.2) is 29.1 Å². The van der Waals surface area contributed by atoms with Crippen molar-refractivity contribution in [1.82, 2.24) is 5.32 Å². The quantitative estimate of drug-likeness (QED) is 0.809. The highest BCUT2D eigenvalue weighted by Crippen LogP contribution is 2.19. The molecule has 0 spiro atoms. The molecule has 2 N–H and O–H groups in total. The van der Waals surface area contributed by atoms with Gasteiger partial charge >= 0.3 is 5.97 Å². The van der Waals surface area contributed by atoms with Gasteiger partial charge in [0.15, 0.2) is 5.60 Å². The number of hydrogen-bond acceptors (Lipinski definition) is 3. The first kappa shape index (κ1) is 16.9. The zero-order chi connectivity index (χ0) is 16.0. The topological polar surface area (TPSA) is 75.6 Å². The standard InChI is InChI=1S/C15H20FNO4/c1-10(8-13(18)19)9-17-14(20)15(2,3)21-12-6-4-11(16)5-7-12/h4-7,10H,8-9H2,1-3H3,(H,17,20)(H,18,19). The van der Waals surface area contributed by atoms with Crippen LogP contribution in [-0.2, 0) is 9.59 Å².